The molecule has 1 aliphatic heterocycles. The first-order chi connectivity index (χ1) is 16.2. The Morgan fingerprint density at radius 2 is 2.06 bits per heavy atom. The first-order valence-corrected chi connectivity index (χ1v) is 11.7. The summed E-state index contributed by atoms with van der Waals surface area (Å²) in [6.07, 6.45) is 7.62. The van der Waals surface area contributed by atoms with Crippen LogP contribution in [0.25, 0.3) is 16.5 Å². The van der Waals surface area contributed by atoms with E-state index in [-0.39, 0.29) is 5.82 Å². The molecular weight excluding hydrogens is 483 g/mol. The van der Waals surface area contributed by atoms with Crippen LogP contribution in [0.4, 0.5) is 21.8 Å². The number of benzene rings is 2. The average Bonchev–Trinajstić information content (AvgIpc) is 3.26. The summed E-state index contributed by atoms with van der Waals surface area (Å²) in [5.41, 5.74) is 5.29. The molecule has 0 atom stereocenters. The average molecular weight is 507 g/mol. The Balaban J connectivity index is 1.32. The normalized spacial score (nSPS) is 13.7. The zero-order valence-corrected chi connectivity index (χ0v) is 19.5. The Labute approximate surface area is 199 Å². The Morgan fingerprint density at radius 1 is 1.15 bits per heavy atom. The molecule has 0 saturated carbocycles. The summed E-state index contributed by atoms with van der Waals surface area (Å²) in [6, 6.07) is 13.0. The van der Waals surface area contributed by atoms with Crippen molar-refractivity contribution in [1.29, 1.82) is 0 Å². The maximum Gasteiger partial charge on any atom is 0.229 e. The number of fused-ring (bicyclic) bond motifs is 1. The van der Waals surface area contributed by atoms with Gasteiger partial charge in [-0.3, -0.25) is 0 Å². The third kappa shape index (κ3) is 4.91. The molecule has 1 aliphatic rings. The van der Waals surface area contributed by atoms with Crippen LogP contribution in [0, 0.1) is 5.82 Å². The predicted molar refractivity (Wildman–Crippen MR) is 135 cm³/mol. The second-order valence-electron chi connectivity index (χ2n) is 7.93. The lowest BCUT2D eigenvalue weighted by Crippen LogP contribution is -2.19. The van der Waals surface area contributed by atoms with Gasteiger partial charge in [0.25, 0.3) is 0 Å². The highest BCUT2D eigenvalue weighted by Crippen LogP contribution is 2.31. The molecule has 0 unspecified atom stereocenters. The summed E-state index contributed by atoms with van der Waals surface area (Å²) in [5, 5.41) is 11.1. The van der Waals surface area contributed by atoms with E-state index in [1.54, 1.807) is 18.3 Å². The van der Waals surface area contributed by atoms with E-state index >= 15 is 0 Å². The quantitative estimate of drug-likeness (QED) is 0.261. The molecule has 6 nitrogen and oxygen atoms in total. The van der Waals surface area contributed by atoms with Crippen molar-refractivity contribution in [3.63, 3.8) is 0 Å². The van der Waals surface area contributed by atoms with Gasteiger partial charge in [-0.2, -0.15) is 4.98 Å². The molecule has 0 aliphatic carbocycles. The monoisotopic (exact) mass is 506 g/mol. The maximum atomic E-state index is 13.9. The fourth-order valence-electron chi connectivity index (χ4n) is 4.03. The van der Waals surface area contributed by atoms with E-state index in [1.807, 2.05) is 12.1 Å². The molecule has 168 valence electrons. The molecule has 0 radical (unpaired) electrons. The Morgan fingerprint density at radius 3 is 2.91 bits per heavy atom. The molecule has 33 heavy (non-hydrogen) atoms. The van der Waals surface area contributed by atoms with Crippen molar-refractivity contribution in [2.45, 2.75) is 12.8 Å². The number of H-pyrrole nitrogens is 1. The molecule has 4 aromatic rings. The van der Waals surface area contributed by atoms with Crippen molar-refractivity contribution in [2.24, 2.45) is 0 Å². The lowest BCUT2D eigenvalue weighted by molar-refractivity contribution is 0.610. The summed E-state index contributed by atoms with van der Waals surface area (Å²) in [7, 11) is 0. The summed E-state index contributed by atoms with van der Waals surface area (Å²) >= 11 is 3.49. The van der Waals surface area contributed by atoms with Gasteiger partial charge in [-0.15, -0.1) is 0 Å². The van der Waals surface area contributed by atoms with Gasteiger partial charge in [0.05, 0.1) is 4.47 Å². The number of aromatic amines is 1. The van der Waals surface area contributed by atoms with Crippen LogP contribution < -0.4 is 16.0 Å². The van der Waals surface area contributed by atoms with Crippen LogP contribution in [-0.2, 0) is 6.42 Å². The van der Waals surface area contributed by atoms with E-state index in [2.05, 4.69) is 71.2 Å². The highest BCUT2D eigenvalue weighted by Gasteiger charge is 2.12. The number of nitrogens with one attached hydrogen (secondary N) is 4. The van der Waals surface area contributed by atoms with Crippen molar-refractivity contribution < 1.29 is 4.39 Å². The van der Waals surface area contributed by atoms with E-state index in [0.29, 0.717) is 30.3 Å². The number of nitrogens with zero attached hydrogens (tertiary/aromatic N) is 2. The molecule has 2 aromatic carbocycles. The predicted octanol–water partition coefficient (Wildman–Crippen LogP) is 5.63. The zero-order valence-electron chi connectivity index (χ0n) is 18.0. The third-order valence-electron chi connectivity index (χ3n) is 5.74. The zero-order chi connectivity index (χ0) is 22.6. The topological polar surface area (TPSA) is 77.7 Å². The molecule has 2 aromatic heterocycles. The van der Waals surface area contributed by atoms with Gasteiger partial charge in [-0.05, 0) is 70.7 Å². The molecule has 0 saturated heterocycles. The van der Waals surface area contributed by atoms with Crippen LogP contribution in [0.3, 0.4) is 0 Å². The van der Waals surface area contributed by atoms with Crippen LogP contribution in [0.1, 0.15) is 17.5 Å². The van der Waals surface area contributed by atoms with E-state index in [9.17, 15) is 4.39 Å². The van der Waals surface area contributed by atoms with Crippen LogP contribution in [0.2, 0.25) is 0 Å². The minimum atomic E-state index is -0.191. The molecule has 0 spiro atoms. The van der Waals surface area contributed by atoms with Crippen molar-refractivity contribution in [3.8, 4) is 0 Å². The summed E-state index contributed by atoms with van der Waals surface area (Å²) in [6.45, 7) is 2.45. The van der Waals surface area contributed by atoms with Crippen molar-refractivity contribution >= 4 is 49.9 Å². The number of hydrogen-bond donors (Lipinski definition) is 4. The largest absolute Gasteiger partial charge is 0.369 e. The first kappa shape index (κ1) is 21.6. The second kappa shape index (κ2) is 9.72. The maximum absolute atomic E-state index is 13.9. The minimum Gasteiger partial charge on any atom is -0.369 e. The highest BCUT2D eigenvalue weighted by atomic mass is 79.9. The Bertz CT molecular complexity index is 1320. The molecule has 0 bridgehead atoms. The van der Waals surface area contributed by atoms with Gasteiger partial charge in [0.15, 0.2) is 0 Å². The van der Waals surface area contributed by atoms with Gasteiger partial charge in [0.1, 0.15) is 11.6 Å². The van der Waals surface area contributed by atoms with Gasteiger partial charge in [0, 0.05) is 47.6 Å². The van der Waals surface area contributed by atoms with E-state index in [0.717, 1.165) is 35.2 Å². The summed E-state index contributed by atoms with van der Waals surface area (Å²) in [5.74, 6) is 0.958. The second-order valence-corrected chi connectivity index (χ2v) is 8.78. The highest BCUT2D eigenvalue weighted by molar-refractivity contribution is 9.10. The Hall–Kier alpha value is -3.23. The van der Waals surface area contributed by atoms with Gasteiger partial charge >= 0.3 is 0 Å². The minimum absolute atomic E-state index is 0.191. The van der Waals surface area contributed by atoms with Crippen LogP contribution >= 0.6 is 15.9 Å². The van der Waals surface area contributed by atoms with Gasteiger partial charge < -0.3 is 20.9 Å². The number of aromatic nitrogens is 3. The van der Waals surface area contributed by atoms with Crippen LogP contribution in [0.5, 0.6) is 0 Å². The molecular formula is C25H24BrFN6. The smallest absolute Gasteiger partial charge is 0.229 e. The Kier molecular flexibility index (Phi) is 6.37. The fourth-order valence-corrected chi connectivity index (χ4v) is 4.36. The molecule has 3 heterocycles. The fraction of sp³-hybridized carbons (Fsp3) is 0.200. The SMILES string of the molecule is Fc1ccccc1CCNc1nc(Nc2ccc3[nH]cc(C4=CCNCC4)c3c2)ncc1Br. The molecule has 0 amide bonds. The van der Waals surface area contributed by atoms with E-state index in [1.165, 1.54) is 22.6 Å². The van der Waals surface area contributed by atoms with Crippen molar-refractivity contribution in [2.75, 3.05) is 30.3 Å². The lowest BCUT2D eigenvalue weighted by atomic mass is 9.99. The van der Waals surface area contributed by atoms with Gasteiger partial charge in [0.2, 0.25) is 5.95 Å². The summed E-state index contributed by atoms with van der Waals surface area (Å²) < 4.78 is 14.6. The van der Waals surface area contributed by atoms with Crippen LogP contribution in [-0.4, -0.2) is 34.6 Å². The van der Waals surface area contributed by atoms with E-state index < -0.39 is 0 Å². The number of hydrogen-bond acceptors (Lipinski definition) is 5. The molecule has 4 N–H and O–H groups in total. The van der Waals surface area contributed by atoms with Gasteiger partial charge in [-0.1, -0.05) is 24.3 Å². The number of halogens is 2. The molecule has 5 rings (SSSR count). The van der Waals surface area contributed by atoms with Crippen molar-refractivity contribution in [3.05, 3.63) is 82.4 Å². The van der Waals surface area contributed by atoms with E-state index in [4.69, 9.17) is 0 Å². The first-order valence-electron chi connectivity index (χ1n) is 11.0. The summed E-state index contributed by atoms with van der Waals surface area (Å²) in [4.78, 5) is 12.4. The number of anilines is 3. The van der Waals surface area contributed by atoms with Crippen molar-refractivity contribution in [1.82, 2.24) is 20.3 Å². The molecule has 8 heteroatoms. The number of rotatable bonds is 7. The third-order valence-corrected chi connectivity index (χ3v) is 6.32. The lowest BCUT2D eigenvalue weighted by Gasteiger charge is -2.14. The van der Waals surface area contributed by atoms with Crippen LogP contribution in [0.15, 0.2) is 65.4 Å². The molecule has 0 fully saturated rings. The standard InChI is InChI=1S/C25H24BrFN6/c26-21-15-31-25(33-24(21)29-12-9-17-3-1-2-4-22(17)27)32-18-5-6-23-19(13-18)20(14-30-23)16-7-10-28-11-8-16/h1-7,13-15,28,30H,8-12H2,(H2,29,31,32,33). The van der Waals surface area contributed by atoms with Gasteiger partial charge in [-0.25, -0.2) is 9.37 Å².